The molecule has 12 N–H and O–H groups in total. The van der Waals surface area contributed by atoms with Gasteiger partial charge in [-0.05, 0) is 46.5 Å². The van der Waals surface area contributed by atoms with E-state index >= 15 is 0 Å². The number of nitrogens with one attached hydrogen (secondary N) is 4. The summed E-state index contributed by atoms with van der Waals surface area (Å²) in [7, 11) is 0. The van der Waals surface area contributed by atoms with Crippen LogP contribution in [-0.4, -0.2) is 35.9 Å². The van der Waals surface area contributed by atoms with Gasteiger partial charge in [-0.2, -0.15) is 0 Å². The molecule has 5 aromatic carbocycles. The lowest BCUT2D eigenvalue weighted by atomic mass is 10.1. The number of hydrogen-bond acceptors (Lipinski definition) is 6. The lowest BCUT2D eigenvalue weighted by Gasteiger charge is -1.94. The van der Waals surface area contributed by atoms with Crippen molar-refractivity contribution in [1.82, 2.24) is 29.9 Å². The van der Waals surface area contributed by atoms with Gasteiger partial charge in [0.2, 0.25) is 0 Å². The third kappa shape index (κ3) is 13.7. The number of aromatic nitrogens is 6. The van der Waals surface area contributed by atoms with Crippen LogP contribution in [0.25, 0.3) is 46.4 Å². The second kappa shape index (κ2) is 20.1. The van der Waals surface area contributed by atoms with Crippen molar-refractivity contribution >= 4 is 64.2 Å². The van der Waals surface area contributed by atoms with Gasteiger partial charge < -0.3 is 37.9 Å². The highest BCUT2D eigenvalue weighted by molar-refractivity contribution is 5.80. The Kier molecular flexibility index (Phi) is 14.3. The van der Waals surface area contributed by atoms with Crippen molar-refractivity contribution in [2.45, 2.75) is 0 Å². The fraction of sp³-hybridized carbons (Fsp3) is 0. The van der Waals surface area contributed by atoms with Crippen molar-refractivity contribution in [3.63, 3.8) is 0 Å². The highest BCUT2D eigenvalue weighted by Gasteiger charge is 1.96. The van der Waals surface area contributed by atoms with Gasteiger partial charge in [0.25, 0.3) is 0 Å². The summed E-state index contributed by atoms with van der Waals surface area (Å²) in [5.74, 6) is 0.608. The minimum absolute atomic E-state index is 0.333. The molecule has 0 bridgehead atoms. The molecule has 3 aromatic heterocycles. The van der Waals surface area contributed by atoms with E-state index in [1.165, 1.54) is 22.3 Å². The average Bonchev–Trinajstić information content (AvgIpc) is 3.92. The monoisotopic (exact) mass is 675 g/mol. The molecule has 0 aliphatic heterocycles. The number of hydrogen-bond donors (Lipinski definition) is 8. The number of nitrogens with zero attached hydrogens (tertiary/aromatic N) is 3. The average molecular weight is 676 g/mol. The Hall–Kier alpha value is -7.40. The van der Waals surface area contributed by atoms with Crippen LogP contribution in [0.5, 0.6) is 0 Å². The Labute approximate surface area is 296 Å². The summed E-state index contributed by atoms with van der Waals surface area (Å²) in [4.78, 5) is 20.6. The van der Waals surface area contributed by atoms with Crippen LogP contribution in [0, 0.1) is 5.41 Å². The number of guanidine groups is 1. The summed E-state index contributed by atoms with van der Waals surface area (Å²) in [5.41, 5.74) is 28.3. The highest BCUT2D eigenvalue weighted by atomic mass is 15.0. The zero-order valence-corrected chi connectivity index (χ0v) is 27.9. The molecule has 3 heterocycles. The second-order valence-electron chi connectivity index (χ2n) is 10.6. The molecular weight excluding hydrogens is 635 g/mol. The number of fused-ring (bicyclic) bond motifs is 2. The largest absolute Gasteiger partial charge is 0.370 e. The Morgan fingerprint density at radius 2 is 1.04 bits per heavy atom. The SMILES string of the molecule is C(=C\c1ccc2nc[nH]c2c1)/c1ccccc1.C(=C\c1ccccc1)/c1ccccc1.N=C(N)N.Nc1nc2ccccc2[nH]1.Nc1ncc[nH]1. The van der Waals surface area contributed by atoms with Crippen molar-refractivity contribution in [3.05, 3.63) is 174 Å². The molecule has 8 aromatic rings. The molecular formula is C40H41N11. The van der Waals surface area contributed by atoms with Crippen LogP contribution in [0.15, 0.2) is 152 Å². The molecule has 0 amide bonds. The third-order valence-corrected chi connectivity index (χ3v) is 6.71. The molecule has 0 spiro atoms. The van der Waals surface area contributed by atoms with Crippen LogP contribution in [0.4, 0.5) is 11.9 Å². The van der Waals surface area contributed by atoms with E-state index in [0.29, 0.717) is 11.9 Å². The lowest BCUT2D eigenvalue weighted by molar-refractivity contribution is 1.33. The minimum atomic E-state index is -0.333. The Bertz CT molecular complexity index is 2120. The number of H-pyrrole nitrogens is 3. The first-order valence-corrected chi connectivity index (χ1v) is 15.8. The van der Waals surface area contributed by atoms with Crippen molar-refractivity contribution in [2.24, 2.45) is 11.5 Å². The number of imidazole rings is 3. The molecule has 11 heteroatoms. The van der Waals surface area contributed by atoms with E-state index in [1.54, 1.807) is 18.7 Å². The fourth-order valence-electron chi connectivity index (χ4n) is 4.38. The quantitative estimate of drug-likeness (QED) is 0.0531. The van der Waals surface area contributed by atoms with Crippen molar-refractivity contribution < 1.29 is 0 Å². The van der Waals surface area contributed by atoms with Crippen LogP contribution in [-0.2, 0) is 0 Å². The predicted octanol–water partition coefficient (Wildman–Crippen LogP) is 7.57. The summed E-state index contributed by atoms with van der Waals surface area (Å²) >= 11 is 0. The third-order valence-electron chi connectivity index (χ3n) is 6.71. The summed E-state index contributed by atoms with van der Waals surface area (Å²) in [5, 5.41) is 6.06. The molecule has 0 atom stereocenters. The maximum absolute atomic E-state index is 6.06. The summed E-state index contributed by atoms with van der Waals surface area (Å²) in [6.45, 7) is 0. The number of benzene rings is 5. The zero-order chi connectivity index (χ0) is 36.1. The van der Waals surface area contributed by atoms with E-state index in [2.05, 4.69) is 114 Å². The van der Waals surface area contributed by atoms with Crippen molar-refractivity contribution in [2.75, 3.05) is 11.5 Å². The van der Waals surface area contributed by atoms with Gasteiger partial charge in [-0.1, -0.05) is 133 Å². The normalized spacial score (nSPS) is 10.2. The van der Waals surface area contributed by atoms with Crippen LogP contribution < -0.4 is 22.9 Å². The van der Waals surface area contributed by atoms with E-state index in [4.69, 9.17) is 16.9 Å². The minimum Gasteiger partial charge on any atom is -0.370 e. The van der Waals surface area contributed by atoms with E-state index in [0.717, 1.165) is 22.1 Å². The molecule has 0 saturated heterocycles. The van der Waals surface area contributed by atoms with Gasteiger partial charge in [0, 0.05) is 12.4 Å². The maximum Gasteiger partial charge on any atom is 0.198 e. The number of anilines is 2. The van der Waals surface area contributed by atoms with E-state index in [1.807, 2.05) is 84.9 Å². The second-order valence-corrected chi connectivity index (χ2v) is 10.6. The molecule has 0 saturated carbocycles. The van der Waals surface area contributed by atoms with Gasteiger partial charge in [-0.15, -0.1) is 0 Å². The van der Waals surface area contributed by atoms with Gasteiger partial charge in [-0.3, -0.25) is 5.41 Å². The maximum atomic E-state index is 6.06. The van der Waals surface area contributed by atoms with Crippen LogP contribution >= 0.6 is 0 Å². The van der Waals surface area contributed by atoms with Gasteiger partial charge in [0.05, 0.1) is 28.4 Å². The highest BCUT2D eigenvalue weighted by Crippen LogP contribution is 2.14. The van der Waals surface area contributed by atoms with E-state index in [-0.39, 0.29) is 5.96 Å². The smallest absolute Gasteiger partial charge is 0.198 e. The molecule has 0 radical (unpaired) electrons. The van der Waals surface area contributed by atoms with Gasteiger partial charge in [0.15, 0.2) is 17.9 Å². The Balaban J connectivity index is 0.000000154. The fourth-order valence-corrected chi connectivity index (χ4v) is 4.38. The molecule has 11 nitrogen and oxygen atoms in total. The van der Waals surface area contributed by atoms with Gasteiger partial charge in [-0.25, -0.2) is 15.0 Å². The van der Waals surface area contributed by atoms with E-state index < -0.39 is 0 Å². The number of nitrogen functional groups attached to an aromatic ring is 2. The molecule has 0 aliphatic rings. The summed E-state index contributed by atoms with van der Waals surface area (Å²) in [6, 6.07) is 44.8. The molecule has 0 unspecified atom stereocenters. The summed E-state index contributed by atoms with van der Waals surface area (Å²) in [6.07, 6.45) is 13.5. The lowest BCUT2D eigenvalue weighted by Crippen LogP contribution is -2.20. The van der Waals surface area contributed by atoms with Gasteiger partial charge >= 0.3 is 0 Å². The number of aromatic amines is 3. The number of nitrogens with two attached hydrogens (primary N) is 4. The number of para-hydroxylation sites is 2. The topological polar surface area (TPSA) is 214 Å². The van der Waals surface area contributed by atoms with Crippen LogP contribution in [0.3, 0.4) is 0 Å². The molecule has 256 valence electrons. The predicted molar refractivity (Wildman–Crippen MR) is 213 cm³/mol. The van der Waals surface area contributed by atoms with Gasteiger partial charge in [0.1, 0.15) is 0 Å². The Morgan fingerprint density at radius 3 is 1.51 bits per heavy atom. The first-order valence-electron chi connectivity index (χ1n) is 15.8. The van der Waals surface area contributed by atoms with Crippen LogP contribution in [0.1, 0.15) is 22.3 Å². The first-order chi connectivity index (χ1) is 24.9. The van der Waals surface area contributed by atoms with Crippen LogP contribution in [0.2, 0.25) is 0 Å². The van der Waals surface area contributed by atoms with Crippen molar-refractivity contribution in [3.8, 4) is 0 Å². The molecule has 51 heavy (non-hydrogen) atoms. The van der Waals surface area contributed by atoms with E-state index in [9.17, 15) is 0 Å². The Morgan fingerprint density at radius 1 is 0.529 bits per heavy atom. The zero-order valence-electron chi connectivity index (χ0n) is 27.9. The first kappa shape index (κ1) is 36.4. The standard InChI is InChI=1S/C15H12N2.C14H12.C7H7N3.C3H5N3.CH5N3/c1-2-4-12(5-3-1)6-7-13-8-9-14-15(10-13)17-11-16-14;1-3-7-13(8-4-1)11-12-14-9-5-2-6-10-14;8-7-9-5-3-1-2-4-6(5)10-7;4-3-5-1-2-6-3;2-1(3)4/h1-11H,(H,16,17);1-12H;1-4H,(H3,8,9,10);1-2H,(H3,4,5,6);(H5,2,3,4)/b7-6+;12-11+;;;. The van der Waals surface area contributed by atoms with Crippen molar-refractivity contribution in [1.29, 1.82) is 5.41 Å². The summed E-state index contributed by atoms with van der Waals surface area (Å²) < 4.78 is 0. The number of rotatable bonds is 4. The molecule has 8 rings (SSSR count). The molecule has 0 aliphatic carbocycles. The molecule has 0 fully saturated rings.